The first-order chi connectivity index (χ1) is 5.68. The van der Waals surface area contributed by atoms with Gasteiger partial charge in [-0.2, -0.15) is 0 Å². The van der Waals surface area contributed by atoms with Gasteiger partial charge in [-0.3, -0.25) is 14.2 Å². The summed E-state index contributed by atoms with van der Waals surface area (Å²) in [4.78, 5) is 37.3. The molecule has 0 aromatic rings. The van der Waals surface area contributed by atoms with Gasteiger partial charge in [0.15, 0.2) is 5.66 Å². The summed E-state index contributed by atoms with van der Waals surface area (Å²) >= 11 is 0. The van der Waals surface area contributed by atoms with Crippen molar-refractivity contribution in [2.75, 3.05) is 0 Å². The van der Waals surface area contributed by atoms with E-state index in [9.17, 15) is 14.2 Å². The van der Waals surface area contributed by atoms with E-state index in [1.54, 1.807) is 0 Å². The number of carboxylic acids is 2. The van der Waals surface area contributed by atoms with E-state index in [1.807, 2.05) is 0 Å². The Bertz CT molecular complexity index is 270. The molecule has 0 aliphatic carbocycles. The molecule has 0 bridgehead atoms. The SMILES string of the molecule is N[C@H](C(=O)O)C(C(=O)O)P(=O)(O)O. The highest BCUT2D eigenvalue weighted by molar-refractivity contribution is 7.53. The number of aliphatic carboxylic acids is 2. The van der Waals surface area contributed by atoms with Gasteiger partial charge in [-0.05, 0) is 0 Å². The number of nitrogens with two attached hydrogens (primary N) is 1. The smallest absolute Gasteiger partial charge is 0.342 e. The van der Waals surface area contributed by atoms with E-state index in [0.717, 1.165) is 0 Å². The van der Waals surface area contributed by atoms with Gasteiger partial charge in [-0.25, -0.2) is 0 Å². The molecule has 1 unspecified atom stereocenters. The normalized spacial score (nSPS) is 16.2. The van der Waals surface area contributed by atoms with Crippen LogP contribution in [0.15, 0.2) is 0 Å². The van der Waals surface area contributed by atoms with Gasteiger partial charge in [0, 0.05) is 0 Å². The number of hydrogen-bond acceptors (Lipinski definition) is 4. The zero-order valence-electron chi connectivity index (χ0n) is 6.19. The molecule has 0 rings (SSSR count). The first kappa shape index (κ1) is 12.0. The van der Waals surface area contributed by atoms with Gasteiger partial charge >= 0.3 is 19.5 Å². The van der Waals surface area contributed by atoms with E-state index in [4.69, 9.17) is 25.7 Å². The lowest BCUT2D eigenvalue weighted by molar-refractivity contribution is -0.144. The second kappa shape index (κ2) is 3.84. The molecule has 0 saturated heterocycles. The van der Waals surface area contributed by atoms with Gasteiger partial charge in [0.2, 0.25) is 0 Å². The predicted octanol–water partition coefficient (Wildman–Crippen LogP) is -1.97. The van der Waals surface area contributed by atoms with E-state index >= 15 is 0 Å². The van der Waals surface area contributed by atoms with Crippen LogP contribution in [0.2, 0.25) is 0 Å². The second-order valence-corrected chi connectivity index (χ2v) is 3.97. The number of hydrogen-bond donors (Lipinski definition) is 5. The van der Waals surface area contributed by atoms with Crippen LogP contribution in [0.1, 0.15) is 0 Å². The predicted molar refractivity (Wildman–Crippen MR) is 39.1 cm³/mol. The third kappa shape index (κ3) is 3.11. The zero-order valence-corrected chi connectivity index (χ0v) is 7.09. The fourth-order valence-electron chi connectivity index (χ4n) is 0.642. The maximum Gasteiger partial charge on any atom is 0.342 e. The van der Waals surface area contributed by atoms with Crippen LogP contribution in [0.3, 0.4) is 0 Å². The average Bonchev–Trinajstić information content (AvgIpc) is 1.82. The summed E-state index contributed by atoms with van der Waals surface area (Å²) in [5.74, 6) is -3.72. The molecule has 0 aliphatic heterocycles. The lowest BCUT2D eigenvalue weighted by Crippen LogP contribution is -2.45. The highest BCUT2D eigenvalue weighted by Crippen LogP contribution is 2.42. The summed E-state index contributed by atoms with van der Waals surface area (Å²) in [6.45, 7) is 0. The van der Waals surface area contributed by atoms with Crippen molar-refractivity contribution in [3.8, 4) is 0 Å². The van der Waals surface area contributed by atoms with Crippen LogP contribution in [-0.2, 0) is 14.2 Å². The molecule has 0 aromatic carbocycles. The minimum Gasteiger partial charge on any atom is -0.480 e. The molecule has 9 heteroatoms. The number of carbonyl (C=O) groups is 2. The van der Waals surface area contributed by atoms with Crippen molar-refractivity contribution < 1.29 is 34.2 Å². The molecule has 8 nitrogen and oxygen atoms in total. The Labute approximate surface area is 72.1 Å². The lowest BCUT2D eigenvalue weighted by atomic mass is 10.2. The highest BCUT2D eigenvalue weighted by Gasteiger charge is 2.44. The molecule has 2 atom stereocenters. The zero-order chi connectivity index (χ0) is 10.8. The molecule has 13 heavy (non-hydrogen) atoms. The van der Waals surface area contributed by atoms with Gasteiger partial charge < -0.3 is 25.7 Å². The van der Waals surface area contributed by atoms with Crippen molar-refractivity contribution >= 4 is 19.5 Å². The molecule has 0 fully saturated rings. The summed E-state index contributed by atoms with van der Waals surface area (Å²) < 4.78 is 10.5. The van der Waals surface area contributed by atoms with Gasteiger partial charge in [0.25, 0.3) is 0 Å². The summed E-state index contributed by atoms with van der Waals surface area (Å²) in [6.07, 6.45) is 0. The van der Waals surface area contributed by atoms with Crippen LogP contribution < -0.4 is 5.73 Å². The average molecular weight is 213 g/mol. The third-order valence-electron chi connectivity index (χ3n) is 1.24. The third-order valence-corrected chi connectivity index (χ3v) is 2.51. The van der Waals surface area contributed by atoms with E-state index in [1.165, 1.54) is 0 Å². The van der Waals surface area contributed by atoms with Gasteiger partial charge in [-0.15, -0.1) is 0 Å². The van der Waals surface area contributed by atoms with Crippen LogP contribution >= 0.6 is 7.60 Å². The van der Waals surface area contributed by atoms with Crippen LogP contribution in [-0.4, -0.2) is 43.6 Å². The monoisotopic (exact) mass is 213 g/mol. The maximum atomic E-state index is 10.5. The van der Waals surface area contributed by atoms with Crippen molar-refractivity contribution in [2.24, 2.45) is 5.73 Å². The van der Waals surface area contributed by atoms with Crippen molar-refractivity contribution in [1.82, 2.24) is 0 Å². The highest BCUT2D eigenvalue weighted by atomic mass is 31.2. The Balaban J connectivity index is 4.95. The fraction of sp³-hybridized carbons (Fsp3) is 0.500. The minimum atomic E-state index is -5.05. The van der Waals surface area contributed by atoms with Crippen LogP contribution in [0.5, 0.6) is 0 Å². The molecule has 76 valence electrons. The number of carboxylic acid groups (broad SMARTS) is 2. The molecular weight excluding hydrogens is 205 g/mol. The molecule has 0 aromatic heterocycles. The summed E-state index contributed by atoms with van der Waals surface area (Å²) in [5.41, 5.74) is 2.36. The first-order valence-corrected chi connectivity index (χ1v) is 4.62. The molecule has 6 N–H and O–H groups in total. The Hall–Kier alpha value is -0.950. The Kier molecular flexibility index (Phi) is 3.56. The van der Waals surface area contributed by atoms with Crippen LogP contribution in [0.25, 0.3) is 0 Å². The summed E-state index contributed by atoms with van der Waals surface area (Å²) in [5, 5.41) is 16.5. The Morgan fingerprint density at radius 2 is 1.54 bits per heavy atom. The quantitative estimate of drug-likeness (QED) is 0.336. The lowest BCUT2D eigenvalue weighted by Gasteiger charge is -2.16. The van der Waals surface area contributed by atoms with Crippen molar-refractivity contribution in [2.45, 2.75) is 11.7 Å². The maximum absolute atomic E-state index is 10.5. The summed E-state index contributed by atoms with van der Waals surface area (Å²) in [6, 6.07) is -2.13. The molecule has 0 heterocycles. The molecule has 0 aliphatic rings. The molecular formula is C4H8NO7P. The molecule has 0 spiro atoms. The van der Waals surface area contributed by atoms with Crippen molar-refractivity contribution in [3.63, 3.8) is 0 Å². The summed E-state index contributed by atoms with van der Waals surface area (Å²) in [7, 11) is -5.05. The van der Waals surface area contributed by atoms with Gasteiger partial charge in [0.1, 0.15) is 6.04 Å². The fourth-order valence-corrected chi connectivity index (χ4v) is 1.48. The van der Waals surface area contributed by atoms with E-state index < -0.39 is 31.2 Å². The van der Waals surface area contributed by atoms with Gasteiger partial charge in [-0.1, -0.05) is 0 Å². The number of rotatable bonds is 4. The minimum absolute atomic E-state index is 1.78. The largest absolute Gasteiger partial charge is 0.480 e. The Morgan fingerprint density at radius 1 is 1.15 bits per heavy atom. The van der Waals surface area contributed by atoms with Crippen molar-refractivity contribution in [1.29, 1.82) is 0 Å². The van der Waals surface area contributed by atoms with Crippen LogP contribution in [0.4, 0.5) is 0 Å². The second-order valence-electron chi connectivity index (χ2n) is 2.24. The molecule has 0 saturated carbocycles. The first-order valence-electron chi connectivity index (χ1n) is 2.94. The Morgan fingerprint density at radius 3 is 1.62 bits per heavy atom. The van der Waals surface area contributed by atoms with E-state index in [-0.39, 0.29) is 0 Å². The van der Waals surface area contributed by atoms with E-state index in [0.29, 0.717) is 0 Å². The molecule has 0 amide bonds. The van der Waals surface area contributed by atoms with E-state index in [2.05, 4.69) is 0 Å². The standard InChI is InChI=1S/C4H8NO7P/c5-1(3(6)7)2(4(8)9)13(10,11)12/h1-2H,5H2,(H,6,7)(H,8,9)(H2,10,11,12)/t1-,2?/m0/s1. The van der Waals surface area contributed by atoms with Crippen molar-refractivity contribution in [3.05, 3.63) is 0 Å². The topological polar surface area (TPSA) is 158 Å². The van der Waals surface area contributed by atoms with Crippen LogP contribution in [0, 0.1) is 0 Å². The molecule has 0 radical (unpaired) electrons. The van der Waals surface area contributed by atoms with Gasteiger partial charge in [0.05, 0.1) is 0 Å².